The average molecular weight is 431 g/mol. The van der Waals surface area contributed by atoms with Gasteiger partial charge in [-0.05, 0) is 15.5 Å². The summed E-state index contributed by atoms with van der Waals surface area (Å²) < 4.78 is 29.0. The molecule has 0 atom stereocenters. The van der Waals surface area contributed by atoms with Crippen molar-refractivity contribution in [2.75, 3.05) is 81.6 Å². The highest BCUT2D eigenvalue weighted by molar-refractivity contribution is 7.48. The fourth-order valence-corrected chi connectivity index (χ4v) is 3.71. The van der Waals surface area contributed by atoms with Crippen LogP contribution in [0.3, 0.4) is 0 Å². The van der Waals surface area contributed by atoms with Crippen LogP contribution in [-0.4, -0.2) is 129 Å². The lowest BCUT2D eigenvalue weighted by Gasteiger charge is -2.18. The number of rotatable bonds is 6. The number of hydrogen-bond donors (Lipinski definition) is 0. The van der Waals surface area contributed by atoms with Gasteiger partial charge < -0.3 is 29.4 Å². The Labute approximate surface area is 171 Å². The minimum atomic E-state index is -4.26. The predicted molar refractivity (Wildman–Crippen MR) is 109 cm³/mol. The minimum Gasteiger partial charge on any atom is -0.341 e. The van der Waals surface area contributed by atoms with Crippen LogP contribution in [0.5, 0.6) is 0 Å². The monoisotopic (exact) mass is 431 g/mol. The van der Waals surface area contributed by atoms with E-state index in [4.69, 9.17) is 13.9 Å². The largest absolute Gasteiger partial charge is 0.710 e. The Morgan fingerprint density at radius 3 is 0.966 bits per heavy atom. The third-order valence-corrected chi connectivity index (χ3v) is 5.87. The van der Waals surface area contributed by atoms with Gasteiger partial charge in [-0.2, -0.15) is 4.57 Å². The van der Waals surface area contributed by atoms with Crippen LogP contribution in [-0.2, 0) is 18.4 Å². The summed E-state index contributed by atoms with van der Waals surface area (Å²) in [5, 5.41) is 12.0. The second-order valence-electron chi connectivity index (χ2n) is 7.40. The van der Waals surface area contributed by atoms with E-state index in [1.165, 1.54) is 0 Å². The molecule has 13 nitrogen and oxygen atoms in total. The maximum atomic E-state index is 13.2. The van der Waals surface area contributed by atoms with E-state index in [2.05, 4.69) is 15.5 Å². The van der Waals surface area contributed by atoms with E-state index in [9.17, 15) is 4.57 Å². The van der Waals surface area contributed by atoms with Crippen LogP contribution in [0.2, 0.25) is 0 Å². The third kappa shape index (κ3) is 4.72. The number of likely N-dealkylation sites (N-methyl/N-ethyl adjacent to an activating group) is 6. The molecule has 3 heterocycles. The van der Waals surface area contributed by atoms with Crippen LogP contribution in [0, 0.1) is 0 Å². The zero-order valence-electron chi connectivity index (χ0n) is 17.8. The maximum Gasteiger partial charge on any atom is 0.710 e. The molecule has 29 heavy (non-hydrogen) atoms. The fraction of sp³-hybridized carbons (Fsp3) is 0.800. The molecular formula is C15H30N9O4P. The number of guanidine groups is 3. The van der Waals surface area contributed by atoms with Crippen molar-refractivity contribution >= 4 is 25.7 Å². The summed E-state index contributed by atoms with van der Waals surface area (Å²) >= 11 is 0. The van der Waals surface area contributed by atoms with E-state index in [-0.39, 0.29) is 0 Å². The molecule has 0 N–H and O–H groups in total. The second-order valence-corrected chi connectivity index (χ2v) is 8.78. The molecule has 3 aliphatic rings. The van der Waals surface area contributed by atoms with Crippen LogP contribution in [0.25, 0.3) is 0 Å². The fourth-order valence-electron chi connectivity index (χ4n) is 3.10. The Bertz CT molecular complexity index is 614. The molecule has 0 saturated carbocycles. The van der Waals surface area contributed by atoms with E-state index in [1.54, 1.807) is 0 Å². The Kier molecular flexibility index (Phi) is 6.15. The second kappa shape index (κ2) is 8.44. The molecule has 3 fully saturated rings. The van der Waals surface area contributed by atoms with Gasteiger partial charge in [-0.25, -0.2) is 0 Å². The normalized spacial score (nSPS) is 20.1. The minimum absolute atomic E-state index is 0.517. The van der Waals surface area contributed by atoms with Gasteiger partial charge in [0, 0.05) is 81.6 Å². The van der Waals surface area contributed by atoms with Gasteiger partial charge in [-0.15, -0.1) is 0 Å². The van der Waals surface area contributed by atoms with Gasteiger partial charge in [-0.1, -0.05) is 0 Å². The average Bonchev–Trinajstić information content (AvgIpc) is 3.29. The van der Waals surface area contributed by atoms with Crippen LogP contribution in [0.4, 0.5) is 0 Å². The Hall–Kier alpha value is -2.56. The first-order valence-corrected chi connectivity index (χ1v) is 10.8. The lowest BCUT2D eigenvalue weighted by atomic mass is 10.6. The Balaban J connectivity index is 1.80. The highest BCUT2D eigenvalue weighted by atomic mass is 31.2. The van der Waals surface area contributed by atoms with E-state index < -0.39 is 7.82 Å². The summed E-state index contributed by atoms with van der Waals surface area (Å²) in [6.45, 7) is 4.67. The number of phosphoric acid groups is 1. The SMILES string of the molecule is CN1CCN(C)C1=NOP(=O)(ON=C1N(C)CCN1C)ON=C1N(C)CCN1C. The van der Waals surface area contributed by atoms with E-state index in [0.29, 0.717) is 17.9 Å². The molecule has 0 radical (unpaired) electrons. The number of oxime groups is 3. The number of hydrogen-bond acceptors (Lipinski definition) is 7. The van der Waals surface area contributed by atoms with Gasteiger partial charge in [0.05, 0.1) is 0 Å². The molecule has 0 aromatic rings. The standard InChI is InChI=1S/C15H30N9O4P/c1-19-7-8-20(2)13(19)16-26-29(25,27-17-14-21(3)9-10-22(14)4)28-18-15-23(5)11-12-24(15)6/h7-12H2,1-6H3. The van der Waals surface area contributed by atoms with Crippen molar-refractivity contribution in [1.29, 1.82) is 0 Å². The topological polar surface area (TPSA) is 101 Å². The zero-order valence-corrected chi connectivity index (χ0v) is 18.7. The number of nitrogens with zero attached hydrogens (tertiary/aromatic N) is 9. The summed E-state index contributed by atoms with van der Waals surface area (Å²) in [6.07, 6.45) is 0. The molecule has 0 aromatic carbocycles. The third-order valence-electron chi connectivity index (χ3n) is 5.03. The summed E-state index contributed by atoms with van der Waals surface area (Å²) in [5.41, 5.74) is 0. The molecular weight excluding hydrogens is 401 g/mol. The van der Waals surface area contributed by atoms with Crippen LogP contribution < -0.4 is 0 Å². The van der Waals surface area contributed by atoms with E-state index in [0.717, 1.165) is 39.3 Å². The molecule has 3 saturated heterocycles. The van der Waals surface area contributed by atoms with Gasteiger partial charge in [0.2, 0.25) is 17.9 Å². The first-order chi connectivity index (χ1) is 13.7. The molecule has 164 valence electrons. The van der Waals surface area contributed by atoms with Crippen molar-refractivity contribution < 1.29 is 18.4 Å². The van der Waals surface area contributed by atoms with E-state index >= 15 is 0 Å². The highest BCUT2D eigenvalue weighted by Gasteiger charge is 2.37. The lowest BCUT2D eigenvalue weighted by molar-refractivity contribution is 0.115. The molecule has 0 aromatic heterocycles. The smallest absolute Gasteiger partial charge is 0.341 e. The van der Waals surface area contributed by atoms with Crippen LogP contribution >= 0.6 is 7.82 Å². The van der Waals surface area contributed by atoms with Crippen molar-refractivity contribution in [2.24, 2.45) is 15.5 Å². The Morgan fingerprint density at radius 2 is 0.759 bits per heavy atom. The maximum absolute atomic E-state index is 13.2. The van der Waals surface area contributed by atoms with Gasteiger partial charge in [-0.3, -0.25) is 13.9 Å². The zero-order chi connectivity index (χ0) is 21.2. The van der Waals surface area contributed by atoms with E-state index in [1.807, 2.05) is 71.7 Å². The highest BCUT2D eigenvalue weighted by Crippen LogP contribution is 2.51. The molecule has 0 spiro atoms. The van der Waals surface area contributed by atoms with Gasteiger partial charge >= 0.3 is 7.82 Å². The molecule has 3 rings (SSSR count). The molecule has 0 amide bonds. The lowest BCUT2D eigenvalue weighted by Crippen LogP contribution is -2.29. The van der Waals surface area contributed by atoms with Crippen molar-refractivity contribution in [3.63, 3.8) is 0 Å². The first-order valence-electron chi connectivity index (χ1n) is 9.37. The summed E-state index contributed by atoms with van der Waals surface area (Å²) in [6, 6.07) is 0. The molecule has 14 heteroatoms. The van der Waals surface area contributed by atoms with Gasteiger partial charge in [0.25, 0.3) is 0 Å². The van der Waals surface area contributed by atoms with Crippen LogP contribution in [0.15, 0.2) is 15.5 Å². The first kappa shape index (κ1) is 21.2. The van der Waals surface area contributed by atoms with Crippen molar-refractivity contribution in [1.82, 2.24) is 29.4 Å². The van der Waals surface area contributed by atoms with Crippen molar-refractivity contribution in [3.8, 4) is 0 Å². The summed E-state index contributed by atoms with van der Waals surface area (Å²) in [7, 11) is 6.93. The quantitative estimate of drug-likeness (QED) is 0.407. The molecule has 3 aliphatic heterocycles. The van der Waals surface area contributed by atoms with Gasteiger partial charge in [0.1, 0.15) is 0 Å². The van der Waals surface area contributed by atoms with Crippen molar-refractivity contribution in [3.05, 3.63) is 0 Å². The molecule has 0 unspecified atom stereocenters. The van der Waals surface area contributed by atoms with Gasteiger partial charge in [0.15, 0.2) is 0 Å². The molecule has 0 bridgehead atoms. The Morgan fingerprint density at radius 1 is 0.552 bits per heavy atom. The predicted octanol–water partition coefficient (Wildman–Crippen LogP) is -0.411. The summed E-state index contributed by atoms with van der Waals surface area (Å²) in [4.78, 5) is 11.2. The summed E-state index contributed by atoms with van der Waals surface area (Å²) in [5.74, 6) is 1.55. The van der Waals surface area contributed by atoms with Crippen LogP contribution in [0.1, 0.15) is 0 Å². The van der Waals surface area contributed by atoms with Crippen molar-refractivity contribution in [2.45, 2.75) is 0 Å². The molecule has 0 aliphatic carbocycles.